The van der Waals surface area contributed by atoms with Crippen molar-refractivity contribution in [3.05, 3.63) is 0 Å². The van der Waals surface area contributed by atoms with E-state index in [2.05, 4.69) is 31.0 Å². The summed E-state index contributed by atoms with van der Waals surface area (Å²) in [6, 6.07) is 0.533. The highest BCUT2D eigenvalue weighted by Gasteiger charge is 2.31. The number of piperidine rings is 1. The lowest BCUT2D eigenvalue weighted by Crippen LogP contribution is -2.51. The second kappa shape index (κ2) is 7.34. The maximum absolute atomic E-state index is 10.6. The van der Waals surface area contributed by atoms with E-state index in [1.54, 1.807) is 0 Å². The van der Waals surface area contributed by atoms with Crippen LogP contribution in [-0.2, 0) is 0 Å². The molecule has 0 saturated carbocycles. The number of aliphatic hydroxyl groups is 1. The molecule has 2 N–H and O–H groups in total. The average molecular weight is 242 g/mol. The molecule has 17 heavy (non-hydrogen) atoms. The number of nitrogens with one attached hydrogen (secondary N) is 1. The van der Waals surface area contributed by atoms with E-state index in [0.717, 1.165) is 39.0 Å². The van der Waals surface area contributed by atoms with E-state index < -0.39 is 5.60 Å². The summed E-state index contributed by atoms with van der Waals surface area (Å²) in [6.07, 6.45) is 5.60. The summed E-state index contributed by atoms with van der Waals surface area (Å²) < 4.78 is 0. The molecule has 1 heterocycles. The molecule has 3 nitrogen and oxygen atoms in total. The first kappa shape index (κ1) is 14.9. The predicted molar refractivity (Wildman–Crippen MR) is 73.3 cm³/mol. The van der Waals surface area contributed by atoms with Crippen LogP contribution in [0.5, 0.6) is 0 Å². The number of hydrogen-bond donors (Lipinski definition) is 2. The van der Waals surface area contributed by atoms with Crippen LogP contribution in [0.3, 0.4) is 0 Å². The van der Waals surface area contributed by atoms with Crippen molar-refractivity contribution in [1.82, 2.24) is 10.2 Å². The lowest BCUT2D eigenvalue weighted by Gasteiger charge is -2.39. The van der Waals surface area contributed by atoms with Gasteiger partial charge < -0.3 is 10.4 Å². The summed E-state index contributed by atoms with van der Waals surface area (Å²) >= 11 is 0. The summed E-state index contributed by atoms with van der Waals surface area (Å²) in [4.78, 5) is 2.45. The molecule has 0 radical (unpaired) electrons. The molecule has 3 heteroatoms. The third kappa shape index (κ3) is 5.36. The fraction of sp³-hybridized carbons (Fsp3) is 1.00. The predicted octanol–water partition coefficient (Wildman–Crippen LogP) is 2.00. The van der Waals surface area contributed by atoms with Crippen LogP contribution in [0.1, 0.15) is 52.9 Å². The van der Waals surface area contributed by atoms with Gasteiger partial charge in [0.1, 0.15) is 0 Å². The molecule has 0 aromatic rings. The van der Waals surface area contributed by atoms with Crippen LogP contribution in [0.4, 0.5) is 0 Å². The molecule has 1 saturated heterocycles. The summed E-state index contributed by atoms with van der Waals surface area (Å²) in [7, 11) is 0. The Morgan fingerprint density at radius 3 is 2.41 bits per heavy atom. The Kier molecular flexibility index (Phi) is 6.45. The van der Waals surface area contributed by atoms with Gasteiger partial charge in [-0.2, -0.15) is 0 Å². The van der Waals surface area contributed by atoms with Gasteiger partial charge in [-0.3, -0.25) is 4.90 Å². The fourth-order valence-electron chi connectivity index (χ4n) is 2.51. The minimum absolute atomic E-state index is 0.457. The maximum atomic E-state index is 10.6. The van der Waals surface area contributed by atoms with Crippen LogP contribution in [0.2, 0.25) is 0 Å². The second-order valence-corrected chi connectivity index (χ2v) is 5.75. The van der Waals surface area contributed by atoms with Crippen molar-refractivity contribution in [1.29, 1.82) is 0 Å². The molecular formula is C14H30N2O. The Bertz CT molecular complexity index is 200. The molecule has 1 rings (SSSR count). The minimum atomic E-state index is -0.457. The lowest BCUT2D eigenvalue weighted by atomic mass is 9.91. The first-order valence-electron chi connectivity index (χ1n) is 7.24. The van der Waals surface area contributed by atoms with Crippen molar-refractivity contribution in [2.45, 2.75) is 64.5 Å². The molecule has 0 aromatic carbocycles. The van der Waals surface area contributed by atoms with Gasteiger partial charge in [0.05, 0.1) is 5.60 Å². The van der Waals surface area contributed by atoms with Gasteiger partial charge in [0.2, 0.25) is 0 Å². The molecule has 0 unspecified atom stereocenters. The van der Waals surface area contributed by atoms with Gasteiger partial charge in [-0.25, -0.2) is 0 Å². The van der Waals surface area contributed by atoms with Gasteiger partial charge in [0.25, 0.3) is 0 Å². The zero-order chi connectivity index (χ0) is 12.7. The zero-order valence-corrected chi connectivity index (χ0v) is 11.8. The van der Waals surface area contributed by atoms with Crippen LogP contribution >= 0.6 is 0 Å². The van der Waals surface area contributed by atoms with E-state index in [0.29, 0.717) is 6.04 Å². The van der Waals surface area contributed by atoms with Crippen LogP contribution < -0.4 is 5.32 Å². The highest BCUT2D eigenvalue weighted by molar-refractivity contribution is 4.88. The van der Waals surface area contributed by atoms with Crippen molar-refractivity contribution in [2.75, 3.05) is 26.2 Å². The molecule has 1 aliphatic rings. The largest absolute Gasteiger partial charge is 0.388 e. The Hall–Kier alpha value is -0.120. The van der Waals surface area contributed by atoms with Gasteiger partial charge in [-0.15, -0.1) is 0 Å². The van der Waals surface area contributed by atoms with Gasteiger partial charge in [0.15, 0.2) is 0 Å². The van der Waals surface area contributed by atoms with Crippen molar-refractivity contribution >= 4 is 0 Å². The van der Waals surface area contributed by atoms with E-state index >= 15 is 0 Å². The van der Waals surface area contributed by atoms with E-state index in [-0.39, 0.29) is 0 Å². The number of nitrogens with zero attached hydrogens (tertiary/aromatic N) is 1. The molecule has 102 valence electrons. The number of rotatable bonds is 7. The fourth-order valence-corrected chi connectivity index (χ4v) is 2.51. The maximum Gasteiger partial charge on any atom is 0.0798 e. The van der Waals surface area contributed by atoms with E-state index in [4.69, 9.17) is 0 Å². The summed E-state index contributed by atoms with van der Waals surface area (Å²) in [5, 5.41) is 13.9. The monoisotopic (exact) mass is 242 g/mol. The van der Waals surface area contributed by atoms with Crippen LogP contribution in [0.25, 0.3) is 0 Å². The lowest BCUT2D eigenvalue weighted by molar-refractivity contribution is -0.0281. The molecule has 0 atom stereocenters. The molecular weight excluding hydrogens is 212 g/mol. The standard InChI is InChI=1S/C14H30N2O/c1-4-5-6-11-16(13(2)3)12-14(17)7-9-15-10-8-14/h13,15,17H,4-12H2,1-3H3. The quantitative estimate of drug-likeness (QED) is 0.670. The van der Waals surface area contributed by atoms with Gasteiger partial charge in [0, 0.05) is 12.6 Å². The van der Waals surface area contributed by atoms with Crippen LogP contribution in [0, 0.1) is 0 Å². The van der Waals surface area contributed by atoms with Crippen LogP contribution in [-0.4, -0.2) is 47.8 Å². The molecule has 0 aromatic heterocycles. The van der Waals surface area contributed by atoms with E-state index in [1.807, 2.05) is 0 Å². The first-order valence-corrected chi connectivity index (χ1v) is 7.24. The Labute approximate surface area is 107 Å². The number of unbranched alkanes of at least 4 members (excludes halogenated alkanes) is 2. The SMILES string of the molecule is CCCCCN(CC1(O)CCNCC1)C(C)C. The normalized spacial score (nSPS) is 20.1. The third-order valence-corrected chi connectivity index (χ3v) is 3.81. The minimum Gasteiger partial charge on any atom is -0.388 e. The topological polar surface area (TPSA) is 35.5 Å². The summed E-state index contributed by atoms with van der Waals surface area (Å²) in [5.41, 5.74) is -0.457. The first-order chi connectivity index (χ1) is 8.07. The van der Waals surface area contributed by atoms with E-state index in [9.17, 15) is 5.11 Å². The van der Waals surface area contributed by atoms with Crippen molar-refractivity contribution < 1.29 is 5.11 Å². The second-order valence-electron chi connectivity index (χ2n) is 5.75. The Morgan fingerprint density at radius 2 is 1.88 bits per heavy atom. The Morgan fingerprint density at radius 1 is 1.24 bits per heavy atom. The average Bonchev–Trinajstić information content (AvgIpc) is 2.28. The van der Waals surface area contributed by atoms with Gasteiger partial charge in [-0.1, -0.05) is 19.8 Å². The molecule has 1 aliphatic heterocycles. The van der Waals surface area contributed by atoms with E-state index in [1.165, 1.54) is 19.3 Å². The third-order valence-electron chi connectivity index (χ3n) is 3.81. The summed E-state index contributed by atoms with van der Waals surface area (Å²) in [6.45, 7) is 10.6. The van der Waals surface area contributed by atoms with Gasteiger partial charge >= 0.3 is 0 Å². The zero-order valence-electron chi connectivity index (χ0n) is 11.8. The molecule has 0 amide bonds. The molecule has 0 aliphatic carbocycles. The Balaban J connectivity index is 2.41. The molecule has 0 spiro atoms. The smallest absolute Gasteiger partial charge is 0.0798 e. The summed E-state index contributed by atoms with van der Waals surface area (Å²) in [5.74, 6) is 0. The number of hydrogen-bond acceptors (Lipinski definition) is 3. The van der Waals surface area contributed by atoms with Crippen molar-refractivity contribution in [3.8, 4) is 0 Å². The van der Waals surface area contributed by atoms with Gasteiger partial charge in [-0.05, 0) is 52.7 Å². The van der Waals surface area contributed by atoms with Crippen LogP contribution in [0.15, 0.2) is 0 Å². The molecule has 1 fully saturated rings. The van der Waals surface area contributed by atoms with Crippen molar-refractivity contribution in [2.24, 2.45) is 0 Å². The highest BCUT2D eigenvalue weighted by Crippen LogP contribution is 2.21. The van der Waals surface area contributed by atoms with Crippen molar-refractivity contribution in [3.63, 3.8) is 0 Å². The molecule has 0 bridgehead atoms. The highest BCUT2D eigenvalue weighted by atomic mass is 16.3.